The molecule has 11 heteroatoms. The zero-order valence-corrected chi connectivity index (χ0v) is 19.3. The minimum absolute atomic E-state index is 0.000749. The highest BCUT2D eigenvalue weighted by molar-refractivity contribution is 6.11. The largest absolute Gasteiger partial charge is 0.504 e. The molecule has 0 spiro atoms. The number of nitrogens with zero attached hydrogens (tertiary/aromatic N) is 1. The normalized spacial score (nSPS) is 21.7. The summed E-state index contributed by atoms with van der Waals surface area (Å²) in [4.78, 5) is 14.6. The molecule has 0 radical (unpaired) electrons. The summed E-state index contributed by atoms with van der Waals surface area (Å²) in [6.07, 6.45) is -0.694. The van der Waals surface area contributed by atoms with Gasteiger partial charge in [-0.05, 0) is 12.8 Å². The number of phenolic OH excluding ortho intramolecular Hbond substituents is 2. The number of ether oxygens (including phenoxy) is 2. The van der Waals surface area contributed by atoms with E-state index >= 15 is 0 Å². The van der Waals surface area contributed by atoms with Gasteiger partial charge in [0.1, 0.15) is 0 Å². The molecular formula is C24H29NO10. The summed E-state index contributed by atoms with van der Waals surface area (Å²) in [5.74, 6) is -9.34. The third-order valence-electron chi connectivity index (χ3n) is 7.18. The molecule has 1 heterocycles. The Hall–Kier alpha value is -2.93. The van der Waals surface area contributed by atoms with Crippen molar-refractivity contribution in [1.82, 2.24) is 4.90 Å². The van der Waals surface area contributed by atoms with E-state index in [2.05, 4.69) is 0 Å². The Balaban J connectivity index is 1.60. The first kappa shape index (κ1) is 25.2. The third-order valence-corrected chi connectivity index (χ3v) is 7.18. The van der Waals surface area contributed by atoms with Crippen LogP contribution in [0.2, 0.25) is 0 Å². The Kier molecular flexibility index (Phi) is 6.20. The molecule has 4 rings (SSSR count). The van der Waals surface area contributed by atoms with Gasteiger partial charge >= 0.3 is 0 Å². The fourth-order valence-electron chi connectivity index (χ4n) is 5.14. The number of fused-ring (bicyclic) bond motifs is 1. The van der Waals surface area contributed by atoms with Crippen LogP contribution < -0.4 is 9.47 Å². The summed E-state index contributed by atoms with van der Waals surface area (Å²) in [6, 6.07) is 8.14. The van der Waals surface area contributed by atoms with E-state index in [1.165, 1.54) is 19.1 Å². The Morgan fingerprint density at radius 2 is 1.49 bits per heavy atom. The Labute approximate surface area is 201 Å². The molecule has 1 unspecified atom stereocenters. The van der Waals surface area contributed by atoms with Crippen molar-refractivity contribution in [3.63, 3.8) is 0 Å². The minimum atomic E-state index is -2.96. The molecule has 35 heavy (non-hydrogen) atoms. The number of hydrogen-bond donors (Lipinski definition) is 7. The van der Waals surface area contributed by atoms with Crippen molar-refractivity contribution in [3.8, 4) is 23.0 Å². The number of methoxy groups -OCH3 is 2. The van der Waals surface area contributed by atoms with Crippen molar-refractivity contribution in [3.05, 3.63) is 47.0 Å². The number of carbonyl (C=O) groups is 1. The lowest BCUT2D eigenvalue weighted by atomic mass is 9.76. The van der Waals surface area contributed by atoms with Gasteiger partial charge in [-0.15, -0.1) is 0 Å². The fourth-order valence-corrected chi connectivity index (χ4v) is 5.14. The second-order valence-corrected chi connectivity index (χ2v) is 8.97. The maximum absolute atomic E-state index is 13.2. The van der Waals surface area contributed by atoms with Crippen LogP contribution in [0.15, 0.2) is 30.3 Å². The van der Waals surface area contributed by atoms with Crippen molar-refractivity contribution in [1.29, 1.82) is 0 Å². The van der Waals surface area contributed by atoms with Gasteiger partial charge in [0.05, 0.1) is 19.8 Å². The van der Waals surface area contributed by atoms with Crippen LogP contribution in [0.3, 0.4) is 0 Å². The number of aliphatic hydroxyl groups is 5. The second-order valence-electron chi connectivity index (χ2n) is 8.97. The zero-order chi connectivity index (χ0) is 25.8. The van der Waals surface area contributed by atoms with Crippen molar-refractivity contribution in [2.24, 2.45) is 5.92 Å². The molecule has 1 aliphatic carbocycles. The third kappa shape index (κ3) is 3.63. The number of aromatic hydroxyl groups is 2. The second kappa shape index (κ2) is 8.63. The maximum Gasteiger partial charge on any atom is 0.253 e. The van der Waals surface area contributed by atoms with Crippen LogP contribution in [0.25, 0.3) is 0 Å². The van der Waals surface area contributed by atoms with Gasteiger partial charge in [-0.1, -0.05) is 30.3 Å². The Morgan fingerprint density at radius 1 is 0.943 bits per heavy atom. The summed E-state index contributed by atoms with van der Waals surface area (Å²) >= 11 is 0. The molecule has 1 saturated heterocycles. The first-order chi connectivity index (χ1) is 16.4. The van der Waals surface area contributed by atoms with Crippen LogP contribution >= 0.6 is 0 Å². The Morgan fingerprint density at radius 3 is 2.03 bits per heavy atom. The number of carbonyl (C=O) groups excluding carboxylic acids is 1. The molecule has 1 fully saturated rings. The quantitative estimate of drug-likeness (QED) is 0.210. The summed E-state index contributed by atoms with van der Waals surface area (Å²) in [6.45, 7) is 0.0373. The SMILES string of the molecule is COc1c(O)c2c(c(O)c1OC)C(=O)C(O)(C(O)(O)C1CCN(C(O)(O)c3ccccc3)CC1)C2. The Bertz CT molecular complexity index is 1130. The molecular weight excluding hydrogens is 462 g/mol. The summed E-state index contributed by atoms with van der Waals surface area (Å²) in [5.41, 5.74) is -3.23. The molecule has 7 N–H and O–H groups in total. The first-order valence-electron chi connectivity index (χ1n) is 11.1. The molecule has 1 atom stereocenters. The van der Waals surface area contributed by atoms with Crippen LogP contribution in [-0.2, 0) is 12.3 Å². The summed E-state index contributed by atoms with van der Waals surface area (Å²) in [5, 5.41) is 76.0. The fraction of sp³-hybridized carbons (Fsp3) is 0.458. The summed E-state index contributed by atoms with van der Waals surface area (Å²) < 4.78 is 10.1. The van der Waals surface area contributed by atoms with Crippen molar-refractivity contribution >= 4 is 5.78 Å². The minimum Gasteiger partial charge on any atom is -0.504 e. The number of benzene rings is 2. The molecule has 0 saturated carbocycles. The van der Waals surface area contributed by atoms with Crippen LogP contribution in [0.1, 0.15) is 34.3 Å². The molecule has 190 valence electrons. The lowest BCUT2D eigenvalue weighted by Crippen LogP contribution is -2.64. The van der Waals surface area contributed by atoms with E-state index in [0.29, 0.717) is 0 Å². The molecule has 0 bridgehead atoms. The van der Waals surface area contributed by atoms with E-state index in [0.717, 1.165) is 0 Å². The number of hydrogen-bond acceptors (Lipinski definition) is 11. The average molecular weight is 491 g/mol. The van der Waals surface area contributed by atoms with Gasteiger partial charge in [0.25, 0.3) is 5.91 Å². The highest BCUT2D eigenvalue weighted by Gasteiger charge is 2.63. The summed E-state index contributed by atoms with van der Waals surface area (Å²) in [7, 11) is 2.39. The smallest absolute Gasteiger partial charge is 0.253 e. The monoisotopic (exact) mass is 491 g/mol. The van der Waals surface area contributed by atoms with Gasteiger partial charge < -0.3 is 45.2 Å². The lowest BCUT2D eigenvalue weighted by Gasteiger charge is -2.46. The molecule has 2 aromatic carbocycles. The van der Waals surface area contributed by atoms with Crippen molar-refractivity contribution < 1.29 is 50.0 Å². The first-order valence-corrected chi connectivity index (χ1v) is 11.1. The van der Waals surface area contributed by atoms with Gasteiger partial charge in [0, 0.05) is 36.6 Å². The van der Waals surface area contributed by atoms with Gasteiger partial charge in [0.15, 0.2) is 17.1 Å². The maximum atomic E-state index is 13.2. The zero-order valence-electron chi connectivity index (χ0n) is 19.3. The molecule has 0 amide bonds. The van der Waals surface area contributed by atoms with E-state index < -0.39 is 52.5 Å². The standard InChI is InChI=1S/C24H29NO10/c1-34-19-17(26)15-12-22(29,21(28)16(15)18(27)20(19)35-2)23(30,31)13-8-10-25(11-9-13)24(32,33)14-6-4-3-5-7-14/h3-7,13,26-27,29-33H,8-12H2,1-2H3. The topological polar surface area (TPSA) is 180 Å². The van der Waals surface area contributed by atoms with Crippen molar-refractivity contribution in [2.45, 2.75) is 36.6 Å². The van der Waals surface area contributed by atoms with Gasteiger partial charge in [-0.3, -0.25) is 4.79 Å². The van der Waals surface area contributed by atoms with E-state index in [-0.39, 0.29) is 48.6 Å². The van der Waals surface area contributed by atoms with Crippen LogP contribution in [-0.4, -0.2) is 85.1 Å². The van der Waals surface area contributed by atoms with Gasteiger partial charge in [-0.2, -0.15) is 0 Å². The van der Waals surface area contributed by atoms with E-state index in [1.54, 1.807) is 30.3 Å². The molecule has 11 nitrogen and oxygen atoms in total. The van der Waals surface area contributed by atoms with Crippen molar-refractivity contribution in [2.75, 3.05) is 27.3 Å². The van der Waals surface area contributed by atoms with Gasteiger partial charge in [0.2, 0.25) is 23.1 Å². The molecule has 1 aliphatic heterocycles. The molecule has 2 aliphatic rings. The number of piperidine rings is 1. The number of ketones is 1. The van der Waals surface area contributed by atoms with Crippen LogP contribution in [0.5, 0.6) is 23.0 Å². The number of rotatable bonds is 6. The number of Topliss-reactive ketones (excluding diaryl/α,β-unsaturated/α-hetero) is 1. The number of phenols is 2. The van der Waals surface area contributed by atoms with E-state index in [1.807, 2.05) is 0 Å². The average Bonchev–Trinajstić information content (AvgIpc) is 3.14. The molecule has 2 aromatic rings. The molecule has 0 aromatic heterocycles. The highest BCUT2D eigenvalue weighted by atomic mass is 16.5. The predicted octanol–water partition coefficient (Wildman–Crippen LogP) is -0.227. The van der Waals surface area contributed by atoms with E-state index in [9.17, 15) is 40.5 Å². The highest BCUT2D eigenvalue weighted by Crippen LogP contribution is 2.55. The predicted molar refractivity (Wildman–Crippen MR) is 120 cm³/mol. The lowest BCUT2D eigenvalue weighted by molar-refractivity contribution is -0.309. The van der Waals surface area contributed by atoms with E-state index in [4.69, 9.17) is 9.47 Å². The van der Waals surface area contributed by atoms with Crippen LogP contribution in [0.4, 0.5) is 0 Å². The number of likely N-dealkylation sites (tertiary alicyclic amines) is 1. The van der Waals surface area contributed by atoms with Crippen LogP contribution in [0, 0.1) is 5.92 Å². The van der Waals surface area contributed by atoms with Gasteiger partial charge in [-0.25, -0.2) is 4.90 Å².